The maximum atomic E-state index is 12.7. The Morgan fingerprint density at radius 1 is 1.29 bits per heavy atom. The maximum Gasteiger partial charge on any atom is 0.226 e. The van der Waals surface area contributed by atoms with Crippen LogP contribution in [0.25, 0.3) is 0 Å². The van der Waals surface area contributed by atoms with E-state index in [-0.39, 0.29) is 0 Å². The van der Waals surface area contributed by atoms with Crippen LogP contribution in [0.15, 0.2) is 12.5 Å². The van der Waals surface area contributed by atoms with Gasteiger partial charge in [0.25, 0.3) is 0 Å². The van der Waals surface area contributed by atoms with E-state index in [9.17, 15) is 4.79 Å². The fourth-order valence-corrected chi connectivity index (χ4v) is 4.30. The number of piperidine rings is 2. The second-order valence-electron chi connectivity index (χ2n) is 6.98. The summed E-state index contributed by atoms with van der Waals surface area (Å²) >= 11 is 0. The molecule has 1 atom stereocenters. The molecule has 114 valence electrons. The van der Waals surface area contributed by atoms with Crippen LogP contribution in [0.3, 0.4) is 0 Å². The molecule has 1 spiro atoms. The maximum absolute atomic E-state index is 12.7. The molecular formula is C16H24N4O. The van der Waals surface area contributed by atoms with E-state index in [4.69, 9.17) is 0 Å². The zero-order valence-corrected chi connectivity index (χ0v) is 12.5. The third-order valence-electron chi connectivity index (χ3n) is 5.85. The predicted molar refractivity (Wildman–Crippen MR) is 79.8 cm³/mol. The number of likely N-dealkylation sites (tertiary alicyclic amines) is 1. The number of aromatic nitrogens is 2. The highest BCUT2D eigenvalue weighted by atomic mass is 16.2. The van der Waals surface area contributed by atoms with Crippen molar-refractivity contribution in [2.24, 2.45) is 11.3 Å². The van der Waals surface area contributed by atoms with Crippen molar-refractivity contribution >= 4 is 5.91 Å². The van der Waals surface area contributed by atoms with Gasteiger partial charge in [0.05, 0.1) is 6.33 Å². The standard InChI is InChI=1S/C16H24N4O/c21-15(13-9-16(13)3-5-17-6-4-16)20-7-1-12(2-8-20)14-10-18-11-19-14/h10-13,17H,1-9H2,(H,18,19). The highest BCUT2D eigenvalue weighted by molar-refractivity contribution is 5.82. The van der Waals surface area contributed by atoms with E-state index in [0.29, 0.717) is 23.2 Å². The minimum absolute atomic E-state index is 0.323. The summed E-state index contributed by atoms with van der Waals surface area (Å²) < 4.78 is 0. The molecule has 0 bridgehead atoms. The summed E-state index contributed by atoms with van der Waals surface area (Å²) in [5.74, 6) is 1.30. The number of carbonyl (C=O) groups excluding carboxylic acids is 1. The molecule has 21 heavy (non-hydrogen) atoms. The van der Waals surface area contributed by atoms with Crippen LogP contribution in [0.5, 0.6) is 0 Å². The number of carbonyl (C=O) groups is 1. The molecule has 1 amide bonds. The summed E-state index contributed by atoms with van der Waals surface area (Å²) in [7, 11) is 0. The van der Waals surface area contributed by atoms with Crippen LogP contribution in [-0.4, -0.2) is 47.0 Å². The fraction of sp³-hybridized carbons (Fsp3) is 0.750. The first-order valence-electron chi connectivity index (χ1n) is 8.26. The fourth-order valence-electron chi connectivity index (χ4n) is 4.30. The van der Waals surface area contributed by atoms with Gasteiger partial charge in [0.15, 0.2) is 0 Å². The van der Waals surface area contributed by atoms with Crippen LogP contribution < -0.4 is 5.32 Å². The third-order valence-corrected chi connectivity index (χ3v) is 5.85. The molecular weight excluding hydrogens is 264 g/mol. The summed E-state index contributed by atoms with van der Waals surface area (Å²) in [6.45, 7) is 4.00. The zero-order valence-electron chi connectivity index (χ0n) is 12.5. The van der Waals surface area contributed by atoms with Crippen molar-refractivity contribution in [1.29, 1.82) is 0 Å². The highest BCUT2D eigenvalue weighted by Crippen LogP contribution is 2.59. The molecule has 5 nitrogen and oxygen atoms in total. The lowest BCUT2D eigenvalue weighted by Crippen LogP contribution is -2.40. The molecule has 2 N–H and O–H groups in total. The molecule has 1 unspecified atom stereocenters. The first-order chi connectivity index (χ1) is 10.3. The van der Waals surface area contributed by atoms with E-state index in [2.05, 4.69) is 20.2 Å². The molecule has 1 aromatic rings. The zero-order chi connectivity index (χ0) is 14.3. The van der Waals surface area contributed by atoms with Crippen LogP contribution in [0, 0.1) is 11.3 Å². The van der Waals surface area contributed by atoms with Crippen molar-refractivity contribution in [3.05, 3.63) is 18.2 Å². The predicted octanol–water partition coefficient (Wildman–Crippen LogP) is 1.51. The lowest BCUT2D eigenvalue weighted by atomic mass is 9.90. The van der Waals surface area contributed by atoms with Gasteiger partial charge in [0, 0.05) is 36.8 Å². The first kappa shape index (κ1) is 13.3. The largest absolute Gasteiger partial charge is 0.348 e. The molecule has 3 fully saturated rings. The van der Waals surface area contributed by atoms with Gasteiger partial charge in [-0.15, -0.1) is 0 Å². The second-order valence-corrected chi connectivity index (χ2v) is 6.98. The van der Waals surface area contributed by atoms with E-state index in [1.807, 2.05) is 6.20 Å². The normalized spacial score (nSPS) is 28.8. The smallest absolute Gasteiger partial charge is 0.226 e. The molecule has 1 aliphatic carbocycles. The molecule has 1 saturated carbocycles. The Morgan fingerprint density at radius 2 is 2.05 bits per heavy atom. The number of rotatable bonds is 2. The average molecular weight is 288 g/mol. The molecule has 2 saturated heterocycles. The Morgan fingerprint density at radius 3 is 2.71 bits per heavy atom. The Kier molecular flexibility index (Phi) is 3.25. The lowest BCUT2D eigenvalue weighted by molar-refractivity contribution is -0.134. The van der Waals surface area contributed by atoms with Gasteiger partial charge in [-0.1, -0.05) is 0 Å². The van der Waals surface area contributed by atoms with Gasteiger partial charge in [-0.05, 0) is 50.6 Å². The molecule has 0 aromatic carbocycles. The van der Waals surface area contributed by atoms with Gasteiger partial charge in [0.1, 0.15) is 0 Å². The lowest BCUT2D eigenvalue weighted by Gasteiger charge is -2.33. The van der Waals surface area contributed by atoms with Crippen LogP contribution in [-0.2, 0) is 4.79 Å². The first-order valence-corrected chi connectivity index (χ1v) is 8.26. The van der Waals surface area contributed by atoms with Crippen molar-refractivity contribution in [1.82, 2.24) is 20.2 Å². The van der Waals surface area contributed by atoms with Crippen LogP contribution in [0.4, 0.5) is 0 Å². The Labute approximate surface area is 125 Å². The van der Waals surface area contributed by atoms with Gasteiger partial charge < -0.3 is 15.2 Å². The van der Waals surface area contributed by atoms with Crippen molar-refractivity contribution in [2.45, 2.75) is 38.0 Å². The van der Waals surface area contributed by atoms with E-state index in [0.717, 1.165) is 45.4 Å². The van der Waals surface area contributed by atoms with Crippen molar-refractivity contribution in [3.63, 3.8) is 0 Å². The number of amides is 1. The number of nitrogens with one attached hydrogen (secondary N) is 2. The van der Waals surface area contributed by atoms with Crippen LogP contribution in [0.1, 0.15) is 43.7 Å². The number of hydrogen-bond donors (Lipinski definition) is 2. The minimum atomic E-state index is 0.323. The van der Waals surface area contributed by atoms with Crippen LogP contribution in [0.2, 0.25) is 0 Å². The number of H-pyrrole nitrogens is 1. The Hall–Kier alpha value is -1.36. The van der Waals surface area contributed by atoms with E-state index in [1.54, 1.807) is 6.33 Å². The average Bonchev–Trinajstić information content (AvgIpc) is 2.99. The SMILES string of the molecule is O=C(C1CC12CCNCC2)N1CCC(c2cnc[nH]2)CC1. The summed E-state index contributed by atoms with van der Waals surface area (Å²) in [4.78, 5) is 22.1. The number of hydrogen-bond acceptors (Lipinski definition) is 3. The Balaban J connectivity index is 1.33. The highest BCUT2D eigenvalue weighted by Gasteiger charge is 2.58. The molecule has 4 rings (SSSR count). The molecule has 0 radical (unpaired) electrons. The molecule has 2 aliphatic heterocycles. The third kappa shape index (κ3) is 2.37. The molecule has 3 heterocycles. The monoisotopic (exact) mass is 288 g/mol. The van der Waals surface area contributed by atoms with Crippen molar-refractivity contribution in [2.75, 3.05) is 26.2 Å². The van der Waals surface area contributed by atoms with E-state index in [1.165, 1.54) is 18.5 Å². The second kappa shape index (κ2) is 5.13. The van der Waals surface area contributed by atoms with E-state index < -0.39 is 0 Å². The van der Waals surface area contributed by atoms with Crippen LogP contribution >= 0.6 is 0 Å². The number of aromatic amines is 1. The Bertz CT molecular complexity index is 498. The van der Waals surface area contributed by atoms with Gasteiger partial charge in [0.2, 0.25) is 5.91 Å². The van der Waals surface area contributed by atoms with Gasteiger partial charge >= 0.3 is 0 Å². The molecule has 1 aromatic heterocycles. The summed E-state index contributed by atoms with van der Waals surface area (Å²) in [6.07, 6.45) is 9.31. The van der Waals surface area contributed by atoms with Gasteiger partial charge in [-0.25, -0.2) is 4.98 Å². The van der Waals surface area contributed by atoms with E-state index >= 15 is 0 Å². The minimum Gasteiger partial charge on any atom is -0.348 e. The summed E-state index contributed by atoms with van der Waals surface area (Å²) in [5, 5.41) is 3.41. The summed E-state index contributed by atoms with van der Waals surface area (Å²) in [5.41, 5.74) is 1.59. The quantitative estimate of drug-likeness (QED) is 0.867. The van der Waals surface area contributed by atoms with Gasteiger partial charge in [-0.2, -0.15) is 0 Å². The number of nitrogens with zero attached hydrogens (tertiary/aromatic N) is 2. The molecule has 3 aliphatic rings. The number of imidazole rings is 1. The molecule has 5 heteroatoms. The van der Waals surface area contributed by atoms with Gasteiger partial charge in [-0.3, -0.25) is 4.79 Å². The van der Waals surface area contributed by atoms with Crippen molar-refractivity contribution < 1.29 is 4.79 Å². The van der Waals surface area contributed by atoms with Crippen molar-refractivity contribution in [3.8, 4) is 0 Å². The summed E-state index contributed by atoms with van der Waals surface area (Å²) in [6, 6.07) is 0. The topological polar surface area (TPSA) is 61.0 Å².